The van der Waals surface area contributed by atoms with Crippen LogP contribution >= 0.6 is 0 Å². The summed E-state index contributed by atoms with van der Waals surface area (Å²) < 4.78 is 25.5. The molecule has 0 heterocycles. The van der Waals surface area contributed by atoms with E-state index in [-0.39, 0.29) is 6.04 Å². The van der Waals surface area contributed by atoms with Gasteiger partial charge in [-0.1, -0.05) is 6.07 Å². The Morgan fingerprint density at radius 3 is 2.42 bits per heavy atom. The van der Waals surface area contributed by atoms with Crippen molar-refractivity contribution in [2.45, 2.75) is 19.9 Å². The fourth-order valence-corrected chi connectivity index (χ4v) is 1.16. The first kappa shape index (κ1) is 9.13. The molecular formula is C9H11F2N. The van der Waals surface area contributed by atoms with Crippen molar-refractivity contribution in [3.8, 4) is 0 Å². The van der Waals surface area contributed by atoms with Gasteiger partial charge in [0.25, 0.3) is 0 Å². The maximum absolute atomic E-state index is 12.9. The Morgan fingerprint density at radius 2 is 1.92 bits per heavy atom. The average Bonchev–Trinajstić information content (AvgIpc) is 2.00. The van der Waals surface area contributed by atoms with E-state index in [0.29, 0.717) is 11.1 Å². The molecule has 0 aliphatic heterocycles. The van der Waals surface area contributed by atoms with E-state index in [4.69, 9.17) is 5.73 Å². The summed E-state index contributed by atoms with van der Waals surface area (Å²) >= 11 is 0. The molecule has 0 fully saturated rings. The lowest BCUT2D eigenvalue weighted by molar-refractivity contribution is 0.499. The van der Waals surface area contributed by atoms with E-state index >= 15 is 0 Å². The third-order valence-electron chi connectivity index (χ3n) is 1.87. The summed E-state index contributed by atoms with van der Waals surface area (Å²) in [7, 11) is 0. The number of nitrogens with two attached hydrogens (primary N) is 1. The number of benzene rings is 1. The molecule has 1 atom stereocenters. The van der Waals surface area contributed by atoms with Crippen molar-refractivity contribution in [1.29, 1.82) is 0 Å². The molecule has 0 spiro atoms. The van der Waals surface area contributed by atoms with E-state index in [1.165, 1.54) is 13.0 Å². The lowest BCUT2D eigenvalue weighted by Crippen LogP contribution is -2.08. The van der Waals surface area contributed by atoms with Crippen LogP contribution in [-0.4, -0.2) is 0 Å². The van der Waals surface area contributed by atoms with Gasteiger partial charge in [0, 0.05) is 6.04 Å². The molecule has 1 aromatic carbocycles. The monoisotopic (exact) mass is 171 g/mol. The van der Waals surface area contributed by atoms with Gasteiger partial charge in [0.15, 0.2) is 11.6 Å². The molecule has 0 bridgehead atoms. The highest BCUT2D eigenvalue weighted by Gasteiger charge is 2.11. The summed E-state index contributed by atoms with van der Waals surface area (Å²) in [6, 6.07) is 2.35. The van der Waals surface area contributed by atoms with Crippen LogP contribution in [0, 0.1) is 18.6 Å². The summed E-state index contributed by atoms with van der Waals surface area (Å²) in [6.45, 7) is 3.26. The number of rotatable bonds is 1. The predicted octanol–water partition coefficient (Wildman–Crippen LogP) is 2.29. The van der Waals surface area contributed by atoms with Crippen molar-refractivity contribution in [2.75, 3.05) is 0 Å². The van der Waals surface area contributed by atoms with Crippen LogP contribution < -0.4 is 5.73 Å². The molecule has 66 valence electrons. The van der Waals surface area contributed by atoms with E-state index in [9.17, 15) is 8.78 Å². The van der Waals surface area contributed by atoms with Gasteiger partial charge in [0.05, 0.1) is 0 Å². The maximum Gasteiger partial charge on any atom is 0.162 e. The molecule has 12 heavy (non-hydrogen) atoms. The van der Waals surface area contributed by atoms with Crippen molar-refractivity contribution in [1.82, 2.24) is 0 Å². The Bertz CT molecular complexity index is 295. The molecule has 2 N–H and O–H groups in total. The topological polar surface area (TPSA) is 26.0 Å². The minimum Gasteiger partial charge on any atom is -0.324 e. The van der Waals surface area contributed by atoms with E-state index < -0.39 is 11.6 Å². The standard InChI is InChI=1S/C9H11F2N/c1-5-7(6(2)12)3-4-8(10)9(5)11/h3-4,6H,12H2,1-2H3. The Labute approximate surface area is 70.2 Å². The molecule has 1 nitrogen and oxygen atoms in total. The highest BCUT2D eigenvalue weighted by Crippen LogP contribution is 2.19. The van der Waals surface area contributed by atoms with Crippen LogP contribution in [0.2, 0.25) is 0 Å². The predicted molar refractivity (Wildman–Crippen MR) is 43.7 cm³/mol. The summed E-state index contributed by atoms with van der Waals surface area (Å²) in [5.41, 5.74) is 6.49. The van der Waals surface area contributed by atoms with Crippen molar-refractivity contribution < 1.29 is 8.78 Å². The molecule has 0 aliphatic carbocycles. The third-order valence-corrected chi connectivity index (χ3v) is 1.87. The van der Waals surface area contributed by atoms with Gasteiger partial charge in [-0.15, -0.1) is 0 Å². The molecule has 1 rings (SSSR count). The van der Waals surface area contributed by atoms with Gasteiger partial charge in [-0.3, -0.25) is 0 Å². The molecule has 0 saturated carbocycles. The zero-order chi connectivity index (χ0) is 9.30. The first-order valence-electron chi connectivity index (χ1n) is 3.74. The number of hydrogen-bond acceptors (Lipinski definition) is 1. The Kier molecular flexibility index (Phi) is 2.43. The second-order valence-electron chi connectivity index (χ2n) is 2.86. The molecule has 1 aromatic rings. The quantitative estimate of drug-likeness (QED) is 0.689. The van der Waals surface area contributed by atoms with Crippen LogP contribution in [0.5, 0.6) is 0 Å². The molecule has 0 radical (unpaired) electrons. The highest BCUT2D eigenvalue weighted by molar-refractivity contribution is 5.30. The maximum atomic E-state index is 12.9. The van der Waals surface area contributed by atoms with E-state index in [0.717, 1.165) is 6.07 Å². The summed E-state index contributed by atoms with van der Waals surface area (Å²) in [5, 5.41) is 0. The van der Waals surface area contributed by atoms with Gasteiger partial charge in [0.2, 0.25) is 0 Å². The van der Waals surface area contributed by atoms with E-state index in [1.54, 1.807) is 6.92 Å². The Morgan fingerprint density at radius 1 is 1.33 bits per heavy atom. The molecule has 3 heteroatoms. The van der Waals surface area contributed by atoms with Gasteiger partial charge < -0.3 is 5.73 Å². The summed E-state index contributed by atoms with van der Waals surface area (Å²) in [4.78, 5) is 0. The van der Waals surface area contributed by atoms with Crippen LogP contribution in [-0.2, 0) is 0 Å². The highest BCUT2D eigenvalue weighted by atomic mass is 19.2. The smallest absolute Gasteiger partial charge is 0.162 e. The fraction of sp³-hybridized carbons (Fsp3) is 0.333. The Balaban J connectivity index is 3.27. The lowest BCUT2D eigenvalue weighted by Gasteiger charge is -2.09. The van der Waals surface area contributed by atoms with Crippen LogP contribution in [0.3, 0.4) is 0 Å². The minimum atomic E-state index is -0.822. The summed E-state index contributed by atoms with van der Waals surface area (Å²) in [6.07, 6.45) is 0. The molecule has 0 aromatic heterocycles. The first-order chi connectivity index (χ1) is 5.54. The summed E-state index contributed by atoms with van der Waals surface area (Å²) in [5.74, 6) is -1.62. The lowest BCUT2D eigenvalue weighted by atomic mass is 10.0. The normalized spacial score (nSPS) is 13.1. The minimum absolute atomic E-state index is 0.264. The zero-order valence-corrected chi connectivity index (χ0v) is 7.07. The second-order valence-corrected chi connectivity index (χ2v) is 2.86. The van der Waals surface area contributed by atoms with Crippen LogP contribution in [0.4, 0.5) is 8.78 Å². The van der Waals surface area contributed by atoms with Crippen molar-refractivity contribution in [2.24, 2.45) is 5.73 Å². The van der Waals surface area contributed by atoms with Gasteiger partial charge >= 0.3 is 0 Å². The molecular weight excluding hydrogens is 160 g/mol. The van der Waals surface area contributed by atoms with Gasteiger partial charge in [-0.2, -0.15) is 0 Å². The SMILES string of the molecule is Cc1c(C(C)N)ccc(F)c1F. The van der Waals surface area contributed by atoms with Crippen LogP contribution in [0.1, 0.15) is 24.1 Å². The number of hydrogen-bond donors (Lipinski definition) is 1. The third kappa shape index (κ3) is 1.46. The van der Waals surface area contributed by atoms with Crippen LogP contribution in [0.25, 0.3) is 0 Å². The van der Waals surface area contributed by atoms with Crippen molar-refractivity contribution in [3.05, 3.63) is 34.9 Å². The van der Waals surface area contributed by atoms with Crippen molar-refractivity contribution >= 4 is 0 Å². The molecule has 0 saturated heterocycles. The average molecular weight is 171 g/mol. The van der Waals surface area contributed by atoms with Gasteiger partial charge in [-0.25, -0.2) is 8.78 Å². The van der Waals surface area contributed by atoms with Crippen LogP contribution in [0.15, 0.2) is 12.1 Å². The first-order valence-corrected chi connectivity index (χ1v) is 3.74. The largest absolute Gasteiger partial charge is 0.324 e. The second kappa shape index (κ2) is 3.19. The Hall–Kier alpha value is -0.960. The van der Waals surface area contributed by atoms with E-state index in [1.807, 2.05) is 0 Å². The molecule has 1 unspecified atom stereocenters. The fourth-order valence-electron chi connectivity index (χ4n) is 1.16. The molecule has 0 amide bonds. The zero-order valence-electron chi connectivity index (χ0n) is 7.07. The number of halogens is 2. The van der Waals surface area contributed by atoms with E-state index in [2.05, 4.69) is 0 Å². The van der Waals surface area contributed by atoms with Crippen molar-refractivity contribution in [3.63, 3.8) is 0 Å². The van der Waals surface area contributed by atoms with Gasteiger partial charge in [-0.05, 0) is 31.0 Å². The van der Waals surface area contributed by atoms with Gasteiger partial charge in [0.1, 0.15) is 0 Å². The molecule has 0 aliphatic rings.